The van der Waals surface area contributed by atoms with Crippen molar-refractivity contribution in [3.8, 4) is 11.5 Å². The van der Waals surface area contributed by atoms with Crippen LogP contribution in [-0.2, 0) is 4.74 Å². The van der Waals surface area contributed by atoms with Crippen LogP contribution < -0.4 is 9.47 Å². The zero-order chi connectivity index (χ0) is 13.5. The highest BCUT2D eigenvalue weighted by molar-refractivity contribution is 5.76. The van der Waals surface area contributed by atoms with Crippen LogP contribution in [0.5, 0.6) is 11.5 Å². The Balaban J connectivity index is 1.79. The van der Waals surface area contributed by atoms with E-state index in [2.05, 4.69) is 0 Å². The zero-order valence-electron chi connectivity index (χ0n) is 11.3. The van der Waals surface area contributed by atoms with Crippen LogP contribution in [0.25, 0.3) is 0 Å². The Hall–Kier alpha value is -1.55. The first-order valence-electron chi connectivity index (χ1n) is 6.71. The van der Waals surface area contributed by atoms with E-state index >= 15 is 0 Å². The third-order valence-electron chi connectivity index (χ3n) is 3.28. The predicted octanol–water partition coefficient (Wildman–Crippen LogP) is 2.85. The third-order valence-corrected chi connectivity index (χ3v) is 3.28. The van der Waals surface area contributed by atoms with Crippen LogP contribution in [0.1, 0.15) is 36.0 Å². The summed E-state index contributed by atoms with van der Waals surface area (Å²) < 4.78 is 16.5. The van der Waals surface area contributed by atoms with Crippen LogP contribution in [0, 0.1) is 0 Å². The van der Waals surface area contributed by atoms with E-state index in [0.717, 1.165) is 32.2 Å². The molecule has 0 amide bonds. The third kappa shape index (κ3) is 3.96. The normalized spacial score (nSPS) is 18.3. The molecule has 2 rings (SSSR count). The number of methoxy groups -OCH3 is 1. The summed E-state index contributed by atoms with van der Waals surface area (Å²) in [7, 11) is 1.57. The Labute approximate surface area is 113 Å². The van der Waals surface area contributed by atoms with Crippen molar-refractivity contribution in [2.24, 2.45) is 0 Å². The second kappa shape index (κ2) is 7.14. The maximum atomic E-state index is 10.7. The molecule has 1 aliphatic rings. The molecule has 1 fully saturated rings. The lowest BCUT2D eigenvalue weighted by molar-refractivity contribution is 0.0979. The number of ether oxygens (including phenoxy) is 3. The quantitative estimate of drug-likeness (QED) is 0.561. The van der Waals surface area contributed by atoms with Gasteiger partial charge in [0, 0.05) is 12.2 Å². The Bertz CT molecular complexity index is 411. The summed E-state index contributed by atoms with van der Waals surface area (Å²) in [5.41, 5.74) is 0.587. The molecule has 0 aromatic heterocycles. The van der Waals surface area contributed by atoms with Gasteiger partial charge in [-0.1, -0.05) is 0 Å². The Morgan fingerprint density at radius 1 is 1.42 bits per heavy atom. The second-order valence-electron chi connectivity index (χ2n) is 4.65. The molecule has 4 nitrogen and oxygen atoms in total. The van der Waals surface area contributed by atoms with Crippen molar-refractivity contribution in [2.75, 3.05) is 20.3 Å². The summed E-state index contributed by atoms with van der Waals surface area (Å²) >= 11 is 0. The summed E-state index contributed by atoms with van der Waals surface area (Å²) in [5, 5.41) is 0. The van der Waals surface area contributed by atoms with E-state index in [-0.39, 0.29) is 0 Å². The van der Waals surface area contributed by atoms with Crippen LogP contribution in [0.15, 0.2) is 18.2 Å². The largest absolute Gasteiger partial charge is 0.493 e. The standard InChI is InChI=1S/C15H20O4/c1-17-15-10-12(11-16)6-7-14(15)19-9-3-5-13-4-2-8-18-13/h6-7,10-11,13H,2-5,8-9H2,1H3. The highest BCUT2D eigenvalue weighted by Crippen LogP contribution is 2.28. The first-order chi connectivity index (χ1) is 9.33. The van der Waals surface area contributed by atoms with E-state index < -0.39 is 0 Å². The topological polar surface area (TPSA) is 44.8 Å². The molecule has 19 heavy (non-hydrogen) atoms. The second-order valence-corrected chi connectivity index (χ2v) is 4.65. The van der Waals surface area contributed by atoms with Crippen molar-refractivity contribution in [3.05, 3.63) is 23.8 Å². The molecule has 4 heteroatoms. The maximum absolute atomic E-state index is 10.7. The van der Waals surface area contributed by atoms with Gasteiger partial charge in [-0.05, 0) is 43.9 Å². The molecule has 0 bridgehead atoms. The van der Waals surface area contributed by atoms with Gasteiger partial charge in [0.15, 0.2) is 11.5 Å². The van der Waals surface area contributed by atoms with Gasteiger partial charge in [-0.25, -0.2) is 0 Å². The molecular weight excluding hydrogens is 244 g/mol. The molecule has 1 atom stereocenters. The minimum atomic E-state index is 0.405. The lowest BCUT2D eigenvalue weighted by atomic mass is 10.1. The van der Waals surface area contributed by atoms with Crippen LogP contribution in [0.4, 0.5) is 0 Å². The molecule has 1 aliphatic heterocycles. The molecule has 0 aliphatic carbocycles. The fourth-order valence-corrected chi connectivity index (χ4v) is 2.24. The lowest BCUT2D eigenvalue weighted by Crippen LogP contribution is -2.08. The van der Waals surface area contributed by atoms with Gasteiger partial charge in [0.25, 0.3) is 0 Å². The maximum Gasteiger partial charge on any atom is 0.161 e. The minimum absolute atomic E-state index is 0.405. The van der Waals surface area contributed by atoms with Crippen molar-refractivity contribution in [1.29, 1.82) is 0 Å². The average Bonchev–Trinajstić information content (AvgIpc) is 2.96. The van der Waals surface area contributed by atoms with Crippen molar-refractivity contribution in [2.45, 2.75) is 31.8 Å². The van der Waals surface area contributed by atoms with Crippen molar-refractivity contribution in [3.63, 3.8) is 0 Å². The van der Waals surface area contributed by atoms with Gasteiger partial charge in [-0.15, -0.1) is 0 Å². The first-order valence-corrected chi connectivity index (χ1v) is 6.71. The fourth-order valence-electron chi connectivity index (χ4n) is 2.24. The molecule has 0 spiro atoms. The van der Waals surface area contributed by atoms with E-state index in [0.29, 0.717) is 29.8 Å². The minimum Gasteiger partial charge on any atom is -0.493 e. The number of rotatable bonds is 7. The predicted molar refractivity (Wildman–Crippen MR) is 72.1 cm³/mol. The summed E-state index contributed by atoms with van der Waals surface area (Å²) in [5.74, 6) is 1.28. The van der Waals surface area contributed by atoms with Crippen molar-refractivity contribution < 1.29 is 19.0 Å². The molecular formula is C15H20O4. The van der Waals surface area contributed by atoms with E-state index in [4.69, 9.17) is 14.2 Å². The lowest BCUT2D eigenvalue weighted by Gasteiger charge is -2.12. The first kappa shape index (κ1) is 13.9. The van der Waals surface area contributed by atoms with E-state index in [1.54, 1.807) is 25.3 Å². The van der Waals surface area contributed by atoms with Gasteiger partial charge in [-0.2, -0.15) is 0 Å². The molecule has 1 saturated heterocycles. The summed E-state index contributed by atoms with van der Waals surface area (Å²) in [6.45, 7) is 1.53. The van der Waals surface area contributed by atoms with Crippen LogP contribution in [0.2, 0.25) is 0 Å². The number of carbonyl (C=O) groups excluding carboxylic acids is 1. The van der Waals surface area contributed by atoms with Gasteiger partial charge in [0.2, 0.25) is 0 Å². The SMILES string of the molecule is COc1cc(C=O)ccc1OCCCC1CCCO1. The Morgan fingerprint density at radius 2 is 2.32 bits per heavy atom. The van der Waals surface area contributed by atoms with Crippen molar-refractivity contribution >= 4 is 6.29 Å². The smallest absolute Gasteiger partial charge is 0.161 e. The van der Waals surface area contributed by atoms with Crippen LogP contribution in [0.3, 0.4) is 0 Å². The highest BCUT2D eigenvalue weighted by Gasteiger charge is 2.14. The van der Waals surface area contributed by atoms with Gasteiger partial charge in [0.1, 0.15) is 6.29 Å². The number of carbonyl (C=O) groups is 1. The molecule has 1 heterocycles. The number of hydrogen-bond donors (Lipinski definition) is 0. The van der Waals surface area contributed by atoms with Gasteiger partial charge in [0.05, 0.1) is 19.8 Å². The van der Waals surface area contributed by atoms with E-state index in [1.165, 1.54) is 6.42 Å². The molecule has 104 valence electrons. The molecule has 1 aromatic rings. The van der Waals surface area contributed by atoms with Gasteiger partial charge >= 0.3 is 0 Å². The summed E-state index contributed by atoms with van der Waals surface area (Å²) in [6, 6.07) is 5.18. The number of aldehydes is 1. The molecule has 0 N–H and O–H groups in total. The van der Waals surface area contributed by atoms with Crippen LogP contribution in [-0.4, -0.2) is 32.7 Å². The van der Waals surface area contributed by atoms with Crippen LogP contribution >= 0.6 is 0 Å². The van der Waals surface area contributed by atoms with Crippen molar-refractivity contribution in [1.82, 2.24) is 0 Å². The highest BCUT2D eigenvalue weighted by atomic mass is 16.5. The van der Waals surface area contributed by atoms with E-state index in [9.17, 15) is 4.79 Å². The molecule has 0 radical (unpaired) electrons. The Kier molecular flexibility index (Phi) is 5.21. The van der Waals surface area contributed by atoms with E-state index in [1.807, 2.05) is 0 Å². The zero-order valence-corrected chi connectivity index (χ0v) is 11.3. The summed E-state index contributed by atoms with van der Waals surface area (Å²) in [4.78, 5) is 10.7. The number of hydrogen-bond acceptors (Lipinski definition) is 4. The average molecular weight is 264 g/mol. The summed E-state index contributed by atoms with van der Waals surface area (Å²) in [6.07, 6.45) is 5.54. The Morgan fingerprint density at radius 3 is 3.00 bits per heavy atom. The molecule has 1 aromatic carbocycles. The monoisotopic (exact) mass is 264 g/mol. The molecule has 0 saturated carbocycles. The fraction of sp³-hybridized carbons (Fsp3) is 0.533. The van der Waals surface area contributed by atoms with Gasteiger partial charge < -0.3 is 14.2 Å². The number of benzene rings is 1. The molecule has 1 unspecified atom stereocenters. The van der Waals surface area contributed by atoms with Gasteiger partial charge in [-0.3, -0.25) is 4.79 Å².